The Morgan fingerprint density at radius 2 is 1.21 bits per heavy atom. The quantitative estimate of drug-likeness (QED) is 0.0543. The average molecular weight is 539 g/mol. The number of hydrogen-bond donors (Lipinski definition) is 1. The minimum Gasteiger partial charge on any atom is -0.466 e. The zero-order chi connectivity index (χ0) is 27.9. The van der Waals surface area contributed by atoms with E-state index in [0.29, 0.717) is 19.4 Å². The average Bonchev–Trinajstić information content (AvgIpc) is 2.92. The van der Waals surface area contributed by atoms with Gasteiger partial charge < -0.3 is 20.2 Å². The molecule has 5 heteroatoms. The number of carbonyl (C=O) groups excluding carboxylic acids is 2. The minimum absolute atomic E-state index is 0.00219. The van der Waals surface area contributed by atoms with Gasteiger partial charge in [0.2, 0.25) is 0 Å². The van der Waals surface area contributed by atoms with Crippen LogP contribution in [0.4, 0.5) is 0 Å². The molecule has 0 aromatic heterocycles. The lowest BCUT2D eigenvalue weighted by Gasteiger charge is -2.22. The van der Waals surface area contributed by atoms with Gasteiger partial charge in [-0.2, -0.15) is 0 Å². The Labute approximate surface area is 237 Å². The van der Waals surface area contributed by atoms with Crippen molar-refractivity contribution in [2.75, 3.05) is 32.8 Å². The summed E-state index contributed by atoms with van der Waals surface area (Å²) >= 11 is 0. The van der Waals surface area contributed by atoms with Crippen LogP contribution in [0.1, 0.15) is 162 Å². The van der Waals surface area contributed by atoms with Crippen LogP contribution in [0.25, 0.3) is 0 Å². The number of ether oxygens (including phenoxy) is 1. The summed E-state index contributed by atoms with van der Waals surface area (Å²) in [5, 5.41) is 0. The fourth-order valence-corrected chi connectivity index (χ4v) is 5.31. The third kappa shape index (κ3) is 26.7. The molecule has 0 aliphatic carbocycles. The SMILES string of the molecule is CCCCCC(CCCCC)CCCOC(=O)CCCCCCCN(CCCN)CCCCCCCC=O. The van der Waals surface area contributed by atoms with Gasteiger partial charge in [-0.25, -0.2) is 0 Å². The number of carbonyl (C=O) groups is 2. The summed E-state index contributed by atoms with van der Waals surface area (Å²) in [6, 6.07) is 0. The number of aldehydes is 1. The molecule has 5 nitrogen and oxygen atoms in total. The van der Waals surface area contributed by atoms with E-state index in [2.05, 4.69) is 18.7 Å². The molecule has 0 saturated heterocycles. The van der Waals surface area contributed by atoms with Crippen LogP contribution < -0.4 is 5.73 Å². The summed E-state index contributed by atoms with van der Waals surface area (Å²) in [5.41, 5.74) is 5.74. The summed E-state index contributed by atoms with van der Waals surface area (Å²) in [6.45, 7) is 9.34. The summed E-state index contributed by atoms with van der Waals surface area (Å²) in [4.78, 5) is 25.1. The molecule has 2 N–H and O–H groups in total. The Hall–Kier alpha value is -0.940. The van der Waals surface area contributed by atoms with E-state index in [1.54, 1.807) is 0 Å². The fourth-order valence-electron chi connectivity index (χ4n) is 5.31. The predicted molar refractivity (Wildman–Crippen MR) is 164 cm³/mol. The first-order valence-electron chi connectivity index (χ1n) is 16.7. The van der Waals surface area contributed by atoms with Crippen LogP contribution in [-0.4, -0.2) is 49.9 Å². The summed E-state index contributed by atoms with van der Waals surface area (Å²) < 4.78 is 5.54. The van der Waals surface area contributed by atoms with Gasteiger partial charge in [0.25, 0.3) is 0 Å². The summed E-state index contributed by atoms with van der Waals surface area (Å²) in [6.07, 6.45) is 28.0. The topological polar surface area (TPSA) is 72.6 Å². The highest BCUT2D eigenvalue weighted by atomic mass is 16.5. The first kappa shape index (κ1) is 37.1. The van der Waals surface area contributed by atoms with E-state index < -0.39 is 0 Å². The van der Waals surface area contributed by atoms with Crippen molar-refractivity contribution in [1.82, 2.24) is 4.90 Å². The van der Waals surface area contributed by atoms with Crippen LogP contribution in [0.3, 0.4) is 0 Å². The molecule has 0 aliphatic heterocycles. The van der Waals surface area contributed by atoms with Gasteiger partial charge in [-0.15, -0.1) is 0 Å². The second-order valence-corrected chi connectivity index (χ2v) is 11.4. The second kappa shape index (κ2) is 30.6. The Morgan fingerprint density at radius 1 is 0.684 bits per heavy atom. The fraction of sp³-hybridized carbons (Fsp3) is 0.939. The van der Waals surface area contributed by atoms with Crippen LogP contribution in [0, 0.1) is 5.92 Å². The van der Waals surface area contributed by atoms with Gasteiger partial charge in [-0.05, 0) is 77.0 Å². The van der Waals surface area contributed by atoms with E-state index in [0.717, 1.165) is 70.5 Å². The maximum absolute atomic E-state index is 12.1. The van der Waals surface area contributed by atoms with Crippen LogP contribution in [0.5, 0.6) is 0 Å². The van der Waals surface area contributed by atoms with Crippen molar-refractivity contribution in [2.24, 2.45) is 11.7 Å². The van der Waals surface area contributed by atoms with Crippen LogP contribution >= 0.6 is 0 Å². The van der Waals surface area contributed by atoms with Gasteiger partial charge in [-0.1, -0.05) is 104 Å². The Bertz CT molecular complexity index is 491. The van der Waals surface area contributed by atoms with E-state index in [9.17, 15) is 9.59 Å². The minimum atomic E-state index is -0.00219. The molecule has 0 aromatic carbocycles. The molecule has 0 aliphatic rings. The van der Waals surface area contributed by atoms with Crippen molar-refractivity contribution in [1.29, 1.82) is 0 Å². The van der Waals surface area contributed by atoms with Crippen molar-refractivity contribution in [3.05, 3.63) is 0 Å². The molecular formula is C33H66N2O3. The number of nitrogens with two attached hydrogens (primary N) is 1. The van der Waals surface area contributed by atoms with Crippen molar-refractivity contribution in [3.63, 3.8) is 0 Å². The third-order valence-electron chi connectivity index (χ3n) is 7.78. The molecule has 38 heavy (non-hydrogen) atoms. The Kier molecular flexibility index (Phi) is 29.8. The van der Waals surface area contributed by atoms with Gasteiger partial charge in [0.05, 0.1) is 6.61 Å². The summed E-state index contributed by atoms with van der Waals surface area (Å²) in [5.74, 6) is 0.815. The van der Waals surface area contributed by atoms with Crippen molar-refractivity contribution >= 4 is 12.3 Å². The second-order valence-electron chi connectivity index (χ2n) is 11.4. The molecule has 0 rings (SSSR count). The number of esters is 1. The van der Waals surface area contributed by atoms with Crippen LogP contribution in [0.2, 0.25) is 0 Å². The molecular weight excluding hydrogens is 472 g/mol. The highest BCUT2D eigenvalue weighted by Gasteiger charge is 2.10. The third-order valence-corrected chi connectivity index (χ3v) is 7.78. The predicted octanol–water partition coefficient (Wildman–Crippen LogP) is 8.62. The largest absolute Gasteiger partial charge is 0.466 e. The zero-order valence-corrected chi connectivity index (χ0v) is 25.7. The van der Waals surface area contributed by atoms with E-state index in [-0.39, 0.29) is 5.97 Å². The maximum atomic E-state index is 12.1. The molecule has 0 unspecified atom stereocenters. The number of rotatable bonds is 31. The van der Waals surface area contributed by atoms with Crippen molar-refractivity contribution in [3.8, 4) is 0 Å². The monoisotopic (exact) mass is 539 g/mol. The van der Waals surface area contributed by atoms with Gasteiger partial charge in [0.15, 0.2) is 0 Å². The van der Waals surface area contributed by atoms with Crippen molar-refractivity contribution < 1.29 is 14.3 Å². The Morgan fingerprint density at radius 3 is 1.79 bits per heavy atom. The lowest BCUT2D eigenvalue weighted by atomic mass is 9.91. The van der Waals surface area contributed by atoms with Gasteiger partial charge in [0, 0.05) is 12.8 Å². The molecule has 0 bridgehead atoms. The van der Waals surface area contributed by atoms with Gasteiger partial charge in [0.1, 0.15) is 6.29 Å². The van der Waals surface area contributed by atoms with E-state index in [1.807, 2.05) is 0 Å². The highest BCUT2D eigenvalue weighted by molar-refractivity contribution is 5.69. The van der Waals surface area contributed by atoms with Crippen LogP contribution in [-0.2, 0) is 14.3 Å². The Balaban J connectivity index is 3.81. The van der Waals surface area contributed by atoms with E-state index in [4.69, 9.17) is 10.5 Å². The normalized spacial score (nSPS) is 11.5. The molecule has 226 valence electrons. The molecule has 0 saturated carbocycles. The van der Waals surface area contributed by atoms with E-state index >= 15 is 0 Å². The number of hydrogen-bond acceptors (Lipinski definition) is 5. The summed E-state index contributed by atoms with van der Waals surface area (Å²) in [7, 11) is 0. The van der Waals surface area contributed by atoms with Crippen molar-refractivity contribution in [2.45, 2.75) is 162 Å². The number of unbranched alkanes of at least 4 members (excludes halogenated alkanes) is 13. The first-order valence-corrected chi connectivity index (χ1v) is 16.7. The number of nitrogens with zero attached hydrogens (tertiary/aromatic N) is 1. The molecule has 0 spiro atoms. The zero-order valence-electron chi connectivity index (χ0n) is 25.7. The maximum Gasteiger partial charge on any atom is 0.305 e. The molecule has 0 aromatic rings. The molecule has 0 amide bonds. The highest BCUT2D eigenvalue weighted by Crippen LogP contribution is 2.22. The molecule has 0 fully saturated rings. The molecule has 0 radical (unpaired) electrons. The standard InChI is InChI=1S/C33H66N2O3/c1-3-5-14-22-32(23-15-6-4-2)24-20-31-38-33(37)25-16-10-9-12-18-28-35(29-21-26-34)27-17-11-7-8-13-19-30-36/h30,32H,3-29,31,34H2,1-2H3. The lowest BCUT2D eigenvalue weighted by molar-refractivity contribution is -0.144. The first-order chi connectivity index (χ1) is 18.7. The lowest BCUT2D eigenvalue weighted by Crippen LogP contribution is -2.28. The molecule has 0 heterocycles. The van der Waals surface area contributed by atoms with Crippen LogP contribution in [0.15, 0.2) is 0 Å². The van der Waals surface area contributed by atoms with Gasteiger partial charge in [-0.3, -0.25) is 4.79 Å². The molecule has 0 atom stereocenters. The van der Waals surface area contributed by atoms with E-state index in [1.165, 1.54) is 103 Å². The smallest absolute Gasteiger partial charge is 0.305 e. The van der Waals surface area contributed by atoms with Gasteiger partial charge >= 0.3 is 5.97 Å².